The molecule has 9 nitrogen and oxygen atoms in total. The van der Waals surface area contributed by atoms with Crippen molar-refractivity contribution in [3.8, 4) is 0 Å². The van der Waals surface area contributed by atoms with Gasteiger partial charge in [-0.25, -0.2) is 0 Å². The van der Waals surface area contributed by atoms with Gasteiger partial charge in [0.2, 0.25) is 0 Å². The van der Waals surface area contributed by atoms with Crippen molar-refractivity contribution in [3.05, 3.63) is 75.6 Å². The number of carbonyl (C=O) groups excluding carboxylic acids is 2. The maximum atomic E-state index is 12.7. The van der Waals surface area contributed by atoms with Crippen LogP contribution in [0.1, 0.15) is 82.9 Å². The molecule has 1 aliphatic carbocycles. The van der Waals surface area contributed by atoms with Crippen molar-refractivity contribution in [1.29, 1.82) is 0 Å². The van der Waals surface area contributed by atoms with Crippen LogP contribution in [0.3, 0.4) is 0 Å². The summed E-state index contributed by atoms with van der Waals surface area (Å²) in [5, 5.41) is 21.3. The molecule has 1 aromatic heterocycles. The minimum Gasteiger partial charge on any atom is -0.352 e. The number of H-pyrrole nitrogens is 1. The fraction of sp³-hybridized carbons (Fsp3) is 0.444. The van der Waals surface area contributed by atoms with Gasteiger partial charge in [-0.15, -0.1) is 10.2 Å². The van der Waals surface area contributed by atoms with E-state index in [0.717, 1.165) is 22.3 Å². The summed E-state index contributed by atoms with van der Waals surface area (Å²) >= 11 is 0. The van der Waals surface area contributed by atoms with E-state index in [1.165, 1.54) is 0 Å². The third-order valence-electron chi connectivity index (χ3n) is 7.12. The molecule has 0 fully saturated rings. The lowest BCUT2D eigenvalue weighted by atomic mass is 9.66. The average Bonchev–Trinajstić information content (AvgIpc) is 3.37. The third-order valence-corrected chi connectivity index (χ3v) is 7.12. The summed E-state index contributed by atoms with van der Waals surface area (Å²) in [4.78, 5) is 25.3. The highest BCUT2D eigenvalue weighted by Crippen LogP contribution is 2.47. The molecule has 0 aliphatic heterocycles. The molecule has 190 valence electrons. The van der Waals surface area contributed by atoms with Gasteiger partial charge in [0.25, 0.3) is 11.8 Å². The zero-order valence-corrected chi connectivity index (χ0v) is 21.4. The summed E-state index contributed by atoms with van der Waals surface area (Å²) in [6, 6.07) is 11.5. The molecule has 5 N–H and O–H groups in total. The van der Waals surface area contributed by atoms with E-state index >= 15 is 0 Å². The van der Waals surface area contributed by atoms with Gasteiger partial charge in [-0.1, -0.05) is 31.2 Å². The summed E-state index contributed by atoms with van der Waals surface area (Å²) in [7, 11) is 0. The highest BCUT2D eigenvalue weighted by molar-refractivity contribution is 5.95. The van der Waals surface area contributed by atoms with Crippen LogP contribution in [-0.2, 0) is 18.3 Å². The SMILES string of the molecule is CCNC(=O)c1ccc2c(c1)CCc1cc(C(=O)NCC)ccc1C2(C[C@@H](N)C(C)C)c1nn[nH]n1. The number of hydrogen-bond donors (Lipinski definition) is 4. The van der Waals surface area contributed by atoms with Crippen LogP contribution in [0.5, 0.6) is 0 Å². The van der Waals surface area contributed by atoms with Crippen molar-refractivity contribution in [2.45, 2.75) is 58.4 Å². The first-order chi connectivity index (χ1) is 17.3. The molecule has 0 spiro atoms. The van der Waals surface area contributed by atoms with E-state index in [2.05, 4.69) is 45.1 Å². The third kappa shape index (κ3) is 4.63. The van der Waals surface area contributed by atoms with Crippen molar-refractivity contribution in [2.24, 2.45) is 11.7 Å². The molecule has 0 saturated heterocycles. The number of aromatic amines is 1. The van der Waals surface area contributed by atoms with E-state index < -0.39 is 5.41 Å². The summed E-state index contributed by atoms with van der Waals surface area (Å²) < 4.78 is 0. The number of nitrogens with two attached hydrogens (primary N) is 1. The summed E-state index contributed by atoms with van der Waals surface area (Å²) in [6.45, 7) is 9.12. The first-order valence-corrected chi connectivity index (χ1v) is 12.6. The van der Waals surface area contributed by atoms with E-state index in [-0.39, 0.29) is 23.8 Å². The van der Waals surface area contributed by atoms with E-state index in [1.54, 1.807) is 0 Å². The molecule has 0 bridgehead atoms. The Hall–Kier alpha value is -3.59. The predicted octanol–water partition coefficient (Wildman–Crippen LogP) is 2.51. The number of nitrogens with zero attached hydrogens (tertiary/aromatic N) is 3. The highest BCUT2D eigenvalue weighted by atomic mass is 16.2. The first kappa shape index (κ1) is 25.5. The molecular weight excluding hydrogens is 454 g/mol. The molecule has 0 unspecified atom stereocenters. The number of carbonyl (C=O) groups is 2. The zero-order chi connectivity index (χ0) is 25.9. The van der Waals surface area contributed by atoms with Crippen molar-refractivity contribution in [3.63, 3.8) is 0 Å². The molecular formula is C27H35N7O2. The zero-order valence-electron chi connectivity index (χ0n) is 21.4. The predicted molar refractivity (Wildman–Crippen MR) is 138 cm³/mol. The minimum atomic E-state index is -0.794. The minimum absolute atomic E-state index is 0.107. The van der Waals surface area contributed by atoms with Crippen LogP contribution in [0.2, 0.25) is 0 Å². The Morgan fingerprint density at radius 3 is 1.92 bits per heavy atom. The summed E-state index contributed by atoms with van der Waals surface area (Å²) in [5.74, 6) is 0.530. The number of amides is 2. The molecule has 36 heavy (non-hydrogen) atoms. The Bertz CT molecular complexity index is 1170. The standard InChI is InChI=1S/C27H35N7O2/c1-5-29-24(35)19-9-11-21-17(13-19)7-8-18-14-20(25(36)30-6-2)10-12-22(18)27(21,15-23(28)16(3)4)26-31-33-34-32-26/h9-14,16,23H,5-8,15,28H2,1-4H3,(H,29,35)(H,30,36)(H,31,32,33,34)/t23-/m1/s1. The van der Waals surface area contributed by atoms with Crippen molar-refractivity contribution >= 4 is 11.8 Å². The van der Waals surface area contributed by atoms with Gasteiger partial charge in [0.05, 0.1) is 5.41 Å². The van der Waals surface area contributed by atoms with E-state index in [4.69, 9.17) is 5.73 Å². The van der Waals surface area contributed by atoms with Crippen LogP contribution >= 0.6 is 0 Å². The second-order valence-corrected chi connectivity index (χ2v) is 9.72. The molecule has 9 heteroatoms. The Morgan fingerprint density at radius 2 is 1.50 bits per heavy atom. The molecule has 2 amide bonds. The average molecular weight is 490 g/mol. The molecule has 0 radical (unpaired) electrons. The molecule has 1 atom stereocenters. The first-order valence-electron chi connectivity index (χ1n) is 12.6. The van der Waals surface area contributed by atoms with E-state index in [0.29, 0.717) is 49.3 Å². The van der Waals surface area contributed by atoms with Crippen LogP contribution in [0.4, 0.5) is 0 Å². The number of hydrogen-bond acceptors (Lipinski definition) is 6. The maximum Gasteiger partial charge on any atom is 0.251 e. The van der Waals surface area contributed by atoms with Gasteiger partial charge in [0, 0.05) is 30.3 Å². The Labute approximate surface area is 211 Å². The fourth-order valence-corrected chi connectivity index (χ4v) is 5.14. The van der Waals surface area contributed by atoms with Gasteiger partial charge >= 0.3 is 0 Å². The van der Waals surface area contributed by atoms with Gasteiger partial charge in [-0.05, 0) is 85.5 Å². The fourth-order valence-electron chi connectivity index (χ4n) is 5.14. The molecule has 3 aromatic rings. The second kappa shape index (κ2) is 10.6. The van der Waals surface area contributed by atoms with Crippen molar-refractivity contribution < 1.29 is 9.59 Å². The van der Waals surface area contributed by atoms with E-state index in [1.807, 2.05) is 50.2 Å². The lowest BCUT2D eigenvalue weighted by molar-refractivity contribution is 0.0947. The van der Waals surface area contributed by atoms with Crippen LogP contribution in [0.25, 0.3) is 0 Å². The maximum absolute atomic E-state index is 12.7. The second-order valence-electron chi connectivity index (χ2n) is 9.72. The Balaban J connectivity index is 1.98. The lowest BCUT2D eigenvalue weighted by Gasteiger charge is -2.37. The summed E-state index contributed by atoms with van der Waals surface area (Å²) in [6.07, 6.45) is 1.95. The number of benzene rings is 2. The number of aromatic nitrogens is 4. The lowest BCUT2D eigenvalue weighted by Crippen LogP contribution is -2.41. The monoisotopic (exact) mass is 489 g/mol. The van der Waals surface area contributed by atoms with Crippen LogP contribution in [0.15, 0.2) is 36.4 Å². The molecule has 1 heterocycles. The van der Waals surface area contributed by atoms with Crippen LogP contribution < -0.4 is 16.4 Å². The van der Waals surface area contributed by atoms with Crippen LogP contribution in [-0.4, -0.2) is 51.6 Å². The van der Waals surface area contributed by atoms with Gasteiger partial charge in [0.15, 0.2) is 5.82 Å². The van der Waals surface area contributed by atoms with Crippen molar-refractivity contribution in [1.82, 2.24) is 31.3 Å². The number of rotatable bonds is 8. The van der Waals surface area contributed by atoms with Gasteiger partial charge in [-0.3, -0.25) is 9.59 Å². The molecule has 4 rings (SSSR count). The van der Waals surface area contributed by atoms with Gasteiger partial charge in [0.1, 0.15) is 0 Å². The van der Waals surface area contributed by atoms with E-state index in [9.17, 15) is 9.59 Å². The largest absolute Gasteiger partial charge is 0.352 e. The van der Waals surface area contributed by atoms with Crippen molar-refractivity contribution in [2.75, 3.05) is 13.1 Å². The smallest absolute Gasteiger partial charge is 0.251 e. The van der Waals surface area contributed by atoms with Gasteiger partial charge in [-0.2, -0.15) is 5.21 Å². The number of fused-ring (bicyclic) bond motifs is 2. The Morgan fingerprint density at radius 1 is 0.972 bits per heavy atom. The molecule has 1 aliphatic rings. The van der Waals surface area contributed by atoms with Gasteiger partial charge < -0.3 is 16.4 Å². The topological polar surface area (TPSA) is 139 Å². The normalized spacial score (nSPS) is 14.9. The highest BCUT2D eigenvalue weighted by Gasteiger charge is 2.46. The quantitative estimate of drug-likeness (QED) is 0.383. The number of nitrogens with one attached hydrogen (secondary N) is 3. The molecule has 2 aromatic carbocycles. The Kier molecular flexibility index (Phi) is 7.49. The summed E-state index contributed by atoms with van der Waals surface area (Å²) in [5.41, 5.74) is 11.3. The molecule has 0 saturated carbocycles. The number of tetrazole rings is 1. The van der Waals surface area contributed by atoms with Crippen LogP contribution in [0, 0.1) is 5.92 Å². The number of aryl methyl sites for hydroxylation is 2.